The molecule has 1 atom stereocenters. The van der Waals surface area contributed by atoms with Crippen LogP contribution < -0.4 is 5.32 Å². The van der Waals surface area contributed by atoms with E-state index in [1.807, 2.05) is 0 Å². The number of nitrogens with one attached hydrogen (secondary N) is 1. The molecule has 1 aliphatic carbocycles. The lowest BCUT2D eigenvalue weighted by molar-refractivity contribution is 0.101. The molecule has 0 aliphatic heterocycles. The fourth-order valence-corrected chi connectivity index (χ4v) is 2.38. The molecule has 2 aromatic heterocycles. The summed E-state index contributed by atoms with van der Waals surface area (Å²) in [4.78, 5) is 16.1. The second-order valence-corrected chi connectivity index (χ2v) is 4.97. The molecule has 0 radical (unpaired) electrons. The van der Waals surface area contributed by atoms with E-state index in [0.717, 1.165) is 30.6 Å². The van der Waals surface area contributed by atoms with Gasteiger partial charge in [0.1, 0.15) is 5.76 Å². The van der Waals surface area contributed by atoms with Crippen LogP contribution in [0.2, 0.25) is 0 Å². The van der Waals surface area contributed by atoms with Gasteiger partial charge in [0, 0.05) is 30.1 Å². The van der Waals surface area contributed by atoms with E-state index in [1.54, 1.807) is 24.5 Å². The van der Waals surface area contributed by atoms with Crippen LogP contribution in [0.25, 0.3) is 0 Å². The smallest absolute Gasteiger partial charge is 0.278 e. The number of amides is 1. The third-order valence-electron chi connectivity index (χ3n) is 3.44. The number of fused-ring (bicyclic) bond motifs is 1. The van der Waals surface area contributed by atoms with Crippen LogP contribution in [-0.2, 0) is 12.8 Å². The van der Waals surface area contributed by atoms with Crippen molar-refractivity contribution in [3.63, 3.8) is 0 Å². The summed E-state index contributed by atoms with van der Waals surface area (Å²) in [7, 11) is 0. The molecule has 0 bridgehead atoms. The number of anilines is 1. The Morgan fingerprint density at radius 2 is 2.21 bits per heavy atom. The maximum atomic E-state index is 12.2. The van der Waals surface area contributed by atoms with E-state index in [-0.39, 0.29) is 5.91 Å². The summed E-state index contributed by atoms with van der Waals surface area (Å²) in [5, 5.41) is 6.73. The van der Waals surface area contributed by atoms with Crippen molar-refractivity contribution in [3.05, 3.63) is 41.5 Å². The van der Waals surface area contributed by atoms with Crippen LogP contribution >= 0.6 is 0 Å². The van der Waals surface area contributed by atoms with Gasteiger partial charge in [-0.1, -0.05) is 12.1 Å². The van der Waals surface area contributed by atoms with Gasteiger partial charge in [0.05, 0.1) is 0 Å². The monoisotopic (exact) mass is 257 g/mol. The third kappa shape index (κ3) is 2.36. The third-order valence-corrected chi connectivity index (χ3v) is 3.44. The van der Waals surface area contributed by atoms with Gasteiger partial charge in [-0.3, -0.25) is 9.78 Å². The van der Waals surface area contributed by atoms with Crippen molar-refractivity contribution in [2.75, 3.05) is 5.32 Å². The Morgan fingerprint density at radius 1 is 1.42 bits per heavy atom. The van der Waals surface area contributed by atoms with E-state index in [9.17, 15) is 4.79 Å². The summed E-state index contributed by atoms with van der Waals surface area (Å²) in [5.74, 6) is 1.21. The minimum Gasteiger partial charge on any atom is -0.360 e. The number of carbonyl (C=O) groups is 1. The number of hydrogen-bond donors (Lipinski definition) is 1. The Bertz CT molecular complexity index is 592. The van der Waals surface area contributed by atoms with E-state index >= 15 is 0 Å². The number of aromatic nitrogens is 2. The number of rotatable bonds is 2. The van der Waals surface area contributed by atoms with Crippen molar-refractivity contribution < 1.29 is 9.32 Å². The normalized spacial score (nSPS) is 17.8. The average molecular weight is 257 g/mol. The molecule has 0 fully saturated rings. The van der Waals surface area contributed by atoms with E-state index < -0.39 is 0 Å². The summed E-state index contributed by atoms with van der Waals surface area (Å²) >= 11 is 0. The molecular weight excluding hydrogens is 242 g/mol. The molecule has 0 aromatic carbocycles. The standard InChI is InChI=1S/C14H15N3O2/c1-9-2-3-12-11(8-9)13(17-19-12)14(18)16-10-4-6-15-7-5-10/h4-7,9H,2-3,8H2,1H3,(H,15,16,18). The van der Waals surface area contributed by atoms with Crippen molar-refractivity contribution in [1.82, 2.24) is 10.1 Å². The highest BCUT2D eigenvalue weighted by Gasteiger charge is 2.26. The maximum absolute atomic E-state index is 12.2. The molecule has 1 aliphatic rings. The second kappa shape index (κ2) is 4.84. The Morgan fingerprint density at radius 3 is 3.00 bits per heavy atom. The van der Waals surface area contributed by atoms with E-state index in [4.69, 9.17) is 4.52 Å². The number of carbonyl (C=O) groups excluding carboxylic acids is 1. The molecule has 5 heteroatoms. The number of hydrogen-bond acceptors (Lipinski definition) is 4. The number of nitrogens with zero attached hydrogens (tertiary/aromatic N) is 2. The van der Waals surface area contributed by atoms with Crippen LogP contribution in [0, 0.1) is 5.92 Å². The van der Waals surface area contributed by atoms with Gasteiger partial charge in [-0.15, -0.1) is 0 Å². The Balaban J connectivity index is 1.83. The SMILES string of the molecule is CC1CCc2onc(C(=O)Nc3ccncc3)c2C1. The summed E-state index contributed by atoms with van der Waals surface area (Å²) in [6, 6.07) is 3.49. The summed E-state index contributed by atoms with van der Waals surface area (Å²) < 4.78 is 5.27. The van der Waals surface area contributed by atoms with Gasteiger partial charge in [-0.25, -0.2) is 0 Å². The van der Waals surface area contributed by atoms with Gasteiger partial charge >= 0.3 is 0 Å². The van der Waals surface area contributed by atoms with Crippen LogP contribution in [0.3, 0.4) is 0 Å². The van der Waals surface area contributed by atoms with Crippen molar-refractivity contribution in [2.24, 2.45) is 5.92 Å². The van der Waals surface area contributed by atoms with Crippen molar-refractivity contribution in [2.45, 2.75) is 26.2 Å². The first-order valence-electron chi connectivity index (χ1n) is 6.43. The quantitative estimate of drug-likeness (QED) is 0.897. The maximum Gasteiger partial charge on any atom is 0.278 e. The van der Waals surface area contributed by atoms with Crippen LogP contribution in [-0.4, -0.2) is 16.0 Å². The molecule has 1 amide bonds. The Hall–Kier alpha value is -2.17. The predicted octanol–water partition coefficient (Wildman–Crippen LogP) is 2.45. The average Bonchev–Trinajstić information content (AvgIpc) is 2.82. The Labute approximate surface area is 111 Å². The molecule has 3 rings (SSSR count). The summed E-state index contributed by atoms with van der Waals surface area (Å²) in [5.41, 5.74) is 2.09. The van der Waals surface area contributed by atoms with Crippen LogP contribution in [0.5, 0.6) is 0 Å². The molecule has 5 nitrogen and oxygen atoms in total. The zero-order chi connectivity index (χ0) is 13.2. The molecule has 2 aromatic rings. The topological polar surface area (TPSA) is 68.0 Å². The van der Waals surface area contributed by atoms with E-state index in [2.05, 4.69) is 22.4 Å². The van der Waals surface area contributed by atoms with Gasteiger partial charge in [0.25, 0.3) is 5.91 Å². The second-order valence-electron chi connectivity index (χ2n) is 4.97. The Kier molecular flexibility index (Phi) is 3.03. The minimum absolute atomic E-state index is 0.217. The fraction of sp³-hybridized carbons (Fsp3) is 0.357. The summed E-state index contributed by atoms with van der Waals surface area (Å²) in [6.45, 7) is 2.18. The molecule has 1 N–H and O–H groups in total. The largest absolute Gasteiger partial charge is 0.360 e. The molecule has 0 saturated heterocycles. The van der Waals surface area contributed by atoms with Gasteiger partial charge in [0.15, 0.2) is 5.69 Å². The highest BCUT2D eigenvalue weighted by molar-refractivity contribution is 6.03. The van der Waals surface area contributed by atoms with Gasteiger partial charge in [-0.05, 0) is 30.9 Å². The first-order chi connectivity index (χ1) is 9.24. The van der Waals surface area contributed by atoms with Gasteiger partial charge in [-0.2, -0.15) is 0 Å². The predicted molar refractivity (Wildman–Crippen MR) is 69.9 cm³/mol. The lowest BCUT2D eigenvalue weighted by Crippen LogP contribution is -2.17. The zero-order valence-electron chi connectivity index (χ0n) is 10.7. The number of aryl methyl sites for hydroxylation is 1. The molecule has 0 saturated carbocycles. The number of pyridine rings is 1. The fourth-order valence-electron chi connectivity index (χ4n) is 2.38. The molecule has 2 heterocycles. The lowest BCUT2D eigenvalue weighted by Gasteiger charge is -2.16. The van der Waals surface area contributed by atoms with E-state index in [0.29, 0.717) is 17.3 Å². The van der Waals surface area contributed by atoms with Crippen molar-refractivity contribution in [3.8, 4) is 0 Å². The van der Waals surface area contributed by atoms with Crippen LogP contribution in [0.1, 0.15) is 35.2 Å². The molecule has 1 unspecified atom stereocenters. The van der Waals surface area contributed by atoms with Gasteiger partial charge in [0.2, 0.25) is 0 Å². The minimum atomic E-state index is -0.217. The van der Waals surface area contributed by atoms with E-state index in [1.165, 1.54) is 0 Å². The molecule has 0 spiro atoms. The van der Waals surface area contributed by atoms with Crippen LogP contribution in [0.4, 0.5) is 5.69 Å². The first-order valence-corrected chi connectivity index (χ1v) is 6.43. The highest BCUT2D eigenvalue weighted by atomic mass is 16.5. The van der Waals surface area contributed by atoms with Crippen molar-refractivity contribution in [1.29, 1.82) is 0 Å². The summed E-state index contributed by atoms with van der Waals surface area (Å²) in [6.07, 6.45) is 6.09. The molecule has 98 valence electrons. The first kappa shape index (κ1) is 11.9. The van der Waals surface area contributed by atoms with Crippen molar-refractivity contribution >= 4 is 11.6 Å². The highest BCUT2D eigenvalue weighted by Crippen LogP contribution is 2.28. The molecule has 19 heavy (non-hydrogen) atoms. The lowest BCUT2D eigenvalue weighted by atomic mass is 9.88. The molecular formula is C14H15N3O2. The zero-order valence-corrected chi connectivity index (χ0v) is 10.7. The van der Waals surface area contributed by atoms with Crippen LogP contribution in [0.15, 0.2) is 29.0 Å². The van der Waals surface area contributed by atoms with Gasteiger partial charge < -0.3 is 9.84 Å².